The SMILES string of the molecule is CCCCCCC=C[C@H]1OCCC[C@@H]1CC=CCC1OC1(O)C(=O)O. The van der Waals surface area contributed by atoms with Crippen molar-refractivity contribution in [1.82, 2.24) is 0 Å². The number of aliphatic carboxylic acids is 1. The van der Waals surface area contributed by atoms with Crippen molar-refractivity contribution >= 4 is 5.97 Å². The molecule has 5 heteroatoms. The summed E-state index contributed by atoms with van der Waals surface area (Å²) < 4.78 is 10.8. The van der Waals surface area contributed by atoms with Gasteiger partial charge in [0.1, 0.15) is 6.10 Å². The number of allylic oxidation sites excluding steroid dienone is 2. The summed E-state index contributed by atoms with van der Waals surface area (Å²) in [7, 11) is 0. The van der Waals surface area contributed by atoms with Gasteiger partial charge in [-0.05, 0) is 44.4 Å². The molecule has 0 saturated carbocycles. The van der Waals surface area contributed by atoms with Gasteiger partial charge in [0.15, 0.2) is 0 Å². The molecule has 2 N–H and O–H groups in total. The lowest BCUT2D eigenvalue weighted by Gasteiger charge is -2.29. The molecule has 2 aliphatic heterocycles. The first-order valence-electron chi connectivity index (χ1n) is 9.64. The van der Waals surface area contributed by atoms with Crippen LogP contribution >= 0.6 is 0 Å². The van der Waals surface area contributed by atoms with Gasteiger partial charge in [0.25, 0.3) is 5.79 Å². The van der Waals surface area contributed by atoms with Crippen LogP contribution in [0.15, 0.2) is 24.3 Å². The van der Waals surface area contributed by atoms with E-state index in [1.807, 2.05) is 6.08 Å². The number of hydrogen-bond acceptors (Lipinski definition) is 4. The molecular weight excluding hydrogens is 320 g/mol. The van der Waals surface area contributed by atoms with Gasteiger partial charge >= 0.3 is 5.97 Å². The predicted octanol–water partition coefficient (Wildman–Crippen LogP) is 3.82. The zero-order valence-electron chi connectivity index (χ0n) is 15.2. The fourth-order valence-electron chi connectivity index (χ4n) is 3.32. The molecule has 0 aliphatic carbocycles. The van der Waals surface area contributed by atoms with E-state index in [1.54, 1.807) is 0 Å². The lowest BCUT2D eigenvalue weighted by Crippen LogP contribution is -2.27. The normalized spacial score (nSPS) is 32.5. The summed E-state index contributed by atoms with van der Waals surface area (Å²) in [5.74, 6) is -2.81. The molecule has 0 aromatic carbocycles. The van der Waals surface area contributed by atoms with Crippen LogP contribution in [-0.2, 0) is 14.3 Å². The molecule has 4 atom stereocenters. The second-order valence-electron chi connectivity index (χ2n) is 7.07. The average Bonchev–Trinajstić information content (AvgIpc) is 3.28. The summed E-state index contributed by atoms with van der Waals surface area (Å²) in [4.78, 5) is 10.8. The lowest BCUT2D eigenvalue weighted by atomic mass is 9.90. The highest BCUT2D eigenvalue weighted by Gasteiger charge is 2.61. The third-order valence-corrected chi connectivity index (χ3v) is 5.01. The van der Waals surface area contributed by atoms with E-state index in [0.717, 1.165) is 32.3 Å². The van der Waals surface area contributed by atoms with Gasteiger partial charge in [-0.3, -0.25) is 0 Å². The first-order valence-corrected chi connectivity index (χ1v) is 9.64. The van der Waals surface area contributed by atoms with Gasteiger partial charge in [-0.1, -0.05) is 50.5 Å². The van der Waals surface area contributed by atoms with Crippen LogP contribution in [0.2, 0.25) is 0 Å². The van der Waals surface area contributed by atoms with E-state index in [1.165, 1.54) is 25.7 Å². The smallest absolute Gasteiger partial charge is 0.367 e. The molecule has 0 radical (unpaired) electrons. The molecule has 2 unspecified atom stereocenters. The number of epoxide rings is 1. The van der Waals surface area contributed by atoms with Gasteiger partial charge in [0.2, 0.25) is 0 Å². The number of carboxylic acid groups (broad SMARTS) is 1. The molecule has 2 heterocycles. The minimum atomic E-state index is -1.97. The molecule has 2 aliphatic rings. The minimum Gasteiger partial charge on any atom is -0.477 e. The van der Waals surface area contributed by atoms with Crippen molar-refractivity contribution in [3.05, 3.63) is 24.3 Å². The Bertz CT molecular complexity index is 473. The van der Waals surface area contributed by atoms with Crippen LogP contribution in [0.4, 0.5) is 0 Å². The van der Waals surface area contributed by atoms with Gasteiger partial charge in [0.05, 0.1) is 6.10 Å². The Labute approximate surface area is 150 Å². The molecule has 2 fully saturated rings. The van der Waals surface area contributed by atoms with Crippen molar-refractivity contribution in [3.8, 4) is 0 Å². The first kappa shape index (κ1) is 20.1. The van der Waals surface area contributed by atoms with Crippen LogP contribution in [0.3, 0.4) is 0 Å². The van der Waals surface area contributed by atoms with Crippen molar-refractivity contribution in [2.75, 3.05) is 6.61 Å². The van der Waals surface area contributed by atoms with E-state index in [0.29, 0.717) is 12.3 Å². The second kappa shape index (κ2) is 10.1. The maximum Gasteiger partial charge on any atom is 0.367 e. The Morgan fingerprint density at radius 2 is 2.00 bits per heavy atom. The molecule has 0 spiro atoms. The van der Waals surface area contributed by atoms with E-state index < -0.39 is 17.9 Å². The zero-order chi connectivity index (χ0) is 18.1. The van der Waals surface area contributed by atoms with Gasteiger partial charge in [-0.25, -0.2) is 4.79 Å². The molecule has 0 bridgehead atoms. The molecule has 5 nitrogen and oxygen atoms in total. The van der Waals surface area contributed by atoms with Crippen molar-refractivity contribution in [2.24, 2.45) is 5.92 Å². The topological polar surface area (TPSA) is 79.3 Å². The molecular formula is C20H32O5. The molecule has 0 amide bonds. The lowest BCUT2D eigenvalue weighted by molar-refractivity contribution is -0.157. The number of rotatable bonds is 11. The predicted molar refractivity (Wildman–Crippen MR) is 96.2 cm³/mol. The van der Waals surface area contributed by atoms with Crippen LogP contribution < -0.4 is 0 Å². The van der Waals surface area contributed by atoms with E-state index in [2.05, 4.69) is 25.2 Å². The summed E-state index contributed by atoms with van der Waals surface area (Å²) in [6.07, 6.45) is 17.8. The van der Waals surface area contributed by atoms with Crippen molar-refractivity contribution in [3.63, 3.8) is 0 Å². The van der Waals surface area contributed by atoms with Gasteiger partial charge in [-0.2, -0.15) is 0 Å². The van der Waals surface area contributed by atoms with Crippen molar-refractivity contribution in [2.45, 2.75) is 82.7 Å². The fraction of sp³-hybridized carbons (Fsp3) is 0.750. The summed E-state index contributed by atoms with van der Waals surface area (Å²) in [6.45, 7) is 3.05. The second-order valence-corrected chi connectivity index (χ2v) is 7.07. The molecule has 0 aromatic heterocycles. The van der Waals surface area contributed by atoms with E-state index >= 15 is 0 Å². The van der Waals surface area contributed by atoms with Gasteiger partial charge in [0, 0.05) is 6.61 Å². The highest BCUT2D eigenvalue weighted by molar-refractivity contribution is 5.79. The van der Waals surface area contributed by atoms with Crippen molar-refractivity contribution < 1.29 is 24.5 Å². The Morgan fingerprint density at radius 1 is 1.20 bits per heavy atom. The number of carbonyl (C=O) groups is 1. The highest BCUT2D eigenvalue weighted by atomic mass is 16.8. The monoisotopic (exact) mass is 352 g/mol. The third kappa shape index (κ3) is 6.24. The highest BCUT2D eigenvalue weighted by Crippen LogP contribution is 2.36. The summed E-state index contributed by atoms with van der Waals surface area (Å²) in [5, 5.41) is 18.4. The number of unbranched alkanes of at least 4 members (excludes halogenated alkanes) is 4. The molecule has 25 heavy (non-hydrogen) atoms. The summed E-state index contributed by atoms with van der Waals surface area (Å²) in [5.41, 5.74) is 0. The summed E-state index contributed by atoms with van der Waals surface area (Å²) >= 11 is 0. The van der Waals surface area contributed by atoms with Crippen LogP contribution in [-0.4, -0.2) is 40.8 Å². The maximum absolute atomic E-state index is 10.8. The number of aliphatic hydroxyl groups is 1. The number of hydrogen-bond donors (Lipinski definition) is 2. The van der Waals surface area contributed by atoms with Crippen LogP contribution in [0.5, 0.6) is 0 Å². The Hall–Kier alpha value is -1.17. The standard InChI is InChI=1S/C20H32O5/c1-2-3-4-5-6-7-13-17-16(12-10-15-24-17)11-8-9-14-18-20(23,25-18)19(21)22/h7-9,13,16-18,23H,2-6,10-12,14-15H2,1H3,(H,21,22)/t16-,17+,18?,20?/m0/s1. The van der Waals surface area contributed by atoms with Gasteiger partial charge in [-0.15, -0.1) is 0 Å². The van der Waals surface area contributed by atoms with Crippen LogP contribution in [0.25, 0.3) is 0 Å². The molecule has 2 saturated heterocycles. The van der Waals surface area contributed by atoms with E-state index in [4.69, 9.17) is 14.6 Å². The minimum absolute atomic E-state index is 0.178. The average molecular weight is 352 g/mol. The zero-order valence-corrected chi connectivity index (χ0v) is 15.2. The molecule has 2 rings (SSSR count). The number of ether oxygens (including phenoxy) is 2. The number of carboxylic acids is 1. The fourth-order valence-corrected chi connectivity index (χ4v) is 3.32. The van der Waals surface area contributed by atoms with E-state index in [9.17, 15) is 9.90 Å². The first-order chi connectivity index (χ1) is 12.1. The Kier molecular flexibility index (Phi) is 8.13. The van der Waals surface area contributed by atoms with Gasteiger partial charge < -0.3 is 19.7 Å². The van der Waals surface area contributed by atoms with Crippen LogP contribution in [0.1, 0.15) is 64.7 Å². The molecule has 142 valence electrons. The Morgan fingerprint density at radius 3 is 2.72 bits per heavy atom. The van der Waals surface area contributed by atoms with E-state index in [-0.39, 0.29) is 6.10 Å². The third-order valence-electron chi connectivity index (χ3n) is 5.01. The van der Waals surface area contributed by atoms with Crippen molar-refractivity contribution in [1.29, 1.82) is 0 Å². The molecule has 0 aromatic rings. The maximum atomic E-state index is 10.8. The van der Waals surface area contributed by atoms with Crippen LogP contribution in [0, 0.1) is 5.92 Å². The Balaban J connectivity index is 1.68. The quantitative estimate of drug-likeness (QED) is 0.336. The summed E-state index contributed by atoms with van der Waals surface area (Å²) in [6, 6.07) is 0. The largest absolute Gasteiger partial charge is 0.477 e.